The Labute approximate surface area is 87.2 Å². The summed E-state index contributed by atoms with van der Waals surface area (Å²) in [5, 5.41) is 17.7. The molecule has 1 aliphatic heterocycles. The minimum absolute atomic E-state index is 0.0179. The van der Waals surface area contributed by atoms with Crippen LogP contribution < -0.4 is 0 Å². The second-order valence-electron chi connectivity index (χ2n) is 3.60. The first kappa shape index (κ1) is 9.98. The van der Waals surface area contributed by atoms with Crippen molar-refractivity contribution in [2.45, 2.75) is 12.5 Å². The molecule has 0 fully saturated rings. The fourth-order valence-corrected chi connectivity index (χ4v) is 1.90. The van der Waals surface area contributed by atoms with E-state index in [1.807, 2.05) is 6.08 Å². The second kappa shape index (κ2) is 3.90. The highest BCUT2D eigenvalue weighted by Crippen LogP contribution is 2.34. The van der Waals surface area contributed by atoms with Gasteiger partial charge >= 0.3 is 5.97 Å². The third-order valence-corrected chi connectivity index (χ3v) is 2.56. The van der Waals surface area contributed by atoms with Gasteiger partial charge in [0.15, 0.2) is 0 Å². The van der Waals surface area contributed by atoms with Gasteiger partial charge in [0.1, 0.15) is 18.5 Å². The third-order valence-electron chi connectivity index (χ3n) is 2.56. The molecule has 0 saturated heterocycles. The van der Waals surface area contributed by atoms with Gasteiger partial charge in [0.25, 0.3) is 0 Å². The number of aliphatic hydroxyl groups excluding tert-OH is 1. The van der Waals surface area contributed by atoms with Gasteiger partial charge in [0, 0.05) is 5.92 Å². The lowest BCUT2D eigenvalue weighted by molar-refractivity contribution is -0.136. The van der Waals surface area contributed by atoms with Crippen LogP contribution in [0.3, 0.4) is 0 Å². The standard InChI is InChI=1S/C11H12O4/c12-6-8-5-9-7(4-11(13)14)2-1-3-10(9)15-8/h1-3,5,9-10,12H,4,6H2,(H,13,14). The van der Waals surface area contributed by atoms with Crippen LogP contribution in [-0.4, -0.2) is 28.9 Å². The zero-order chi connectivity index (χ0) is 10.8. The van der Waals surface area contributed by atoms with Gasteiger partial charge in [-0.25, -0.2) is 0 Å². The highest BCUT2D eigenvalue weighted by Gasteiger charge is 2.31. The normalized spacial score (nSPS) is 27.8. The zero-order valence-corrected chi connectivity index (χ0v) is 8.09. The Kier molecular flexibility index (Phi) is 2.60. The number of carboxylic acid groups (broad SMARTS) is 1. The van der Waals surface area contributed by atoms with Gasteiger partial charge in [-0.1, -0.05) is 12.2 Å². The number of fused-ring (bicyclic) bond motifs is 1. The molecule has 80 valence electrons. The Morgan fingerprint density at radius 2 is 2.33 bits per heavy atom. The van der Waals surface area contributed by atoms with E-state index in [9.17, 15) is 4.79 Å². The first-order valence-corrected chi connectivity index (χ1v) is 4.78. The minimum Gasteiger partial charge on any atom is -0.488 e. The number of carboxylic acids is 1. The second-order valence-corrected chi connectivity index (χ2v) is 3.60. The van der Waals surface area contributed by atoms with E-state index >= 15 is 0 Å². The number of carbonyl (C=O) groups is 1. The summed E-state index contributed by atoms with van der Waals surface area (Å²) in [5.41, 5.74) is 0.818. The Balaban J connectivity index is 2.18. The zero-order valence-electron chi connectivity index (χ0n) is 8.09. The van der Waals surface area contributed by atoms with E-state index < -0.39 is 5.97 Å². The van der Waals surface area contributed by atoms with E-state index in [2.05, 4.69) is 0 Å². The summed E-state index contributed by atoms with van der Waals surface area (Å²) in [5.74, 6) is -0.359. The number of rotatable bonds is 3. The van der Waals surface area contributed by atoms with Gasteiger partial charge < -0.3 is 14.9 Å². The van der Waals surface area contributed by atoms with Gasteiger partial charge in [0.05, 0.1) is 6.42 Å². The number of hydrogen-bond acceptors (Lipinski definition) is 3. The van der Waals surface area contributed by atoms with E-state index in [0.29, 0.717) is 5.76 Å². The first-order valence-electron chi connectivity index (χ1n) is 4.78. The van der Waals surface area contributed by atoms with E-state index in [0.717, 1.165) is 5.57 Å². The van der Waals surface area contributed by atoms with Crippen molar-refractivity contribution in [3.8, 4) is 0 Å². The quantitative estimate of drug-likeness (QED) is 0.721. The number of aliphatic hydroxyl groups is 1. The molecular formula is C11H12O4. The summed E-state index contributed by atoms with van der Waals surface area (Å²) in [6.07, 6.45) is 7.14. The number of ether oxygens (including phenoxy) is 1. The van der Waals surface area contributed by atoms with Gasteiger partial charge in [-0.2, -0.15) is 0 Å². The predicted molar refractivity (Wildman–Crippen MR) is 53.0 cm³/mol. The number of hydrogen-bond donors (Lipinski definition) is 2. The molecule has 0 spiro atoms. The molecule has 15 heavy (non-hydrogen) atoms. The largest absolute Gasteiger partial charge is 0.488 e. The fourth-order valence-electron chi connectivity index (χ4n) is 1.90. The Morgan fingerprint density at radius 1 is 1.53 bits per heavy atom. The number of aliphatic carboxylic acids is 1. The Morgan fingerprint density at radius 3 is 3.00 bits per heavy atom. The maximum Gasteiger partial charge on any atom is 0.307 e. The average molecular weight is 208 g/mol. The van der Waals surface area contributed by atoms with Crippen molar-refractivity contribution in [3.63, 3.8) is 0 Å². The third kappa shape index (κ3) is 1.94. The first-order chi connectivity index (χ1) is 7.20. The van der Waals surface area contributed by atoms with Crippen LogP contribution in [-0.2, 0) is 9.53 Å². The smallest absolute Gasteiger partial charge is 0.307 e. The molecule has 4 nitrogen and oxygen atoms in total. The van der Waals surface area contributed by atoms with Crippen LogP contribution in [0.5, 0.6) is 0 Å². The van der Waals surface area contributed by atoms with Crippen LogP contribution in [0.2, 0.25) is 0 Å². The van der Waals surface area contributed by atoms with Crippen LogP contribution >= 0.6 is 0 Å². The Hall–Kier alpha value is -1.55. The summed E-state index contributed by atoms with van der Waals surface area (Å²) in [7, 11) is 0. The molecule has 0 saturated carbocycles. The van der Waals surface area contributed by atoms with Gasteiger partial charge in [-0.15, -0.1) is 0 Å². The average Bonchev–Trinajstić information content (AvgIpc) is 2.61. The maximum absolute atomic E-state index is 10.6. The van der Waals surface area contributed by atoms with Gasteiger partial charge in [-0.3, -0.25) is 4.79 Å². The molecule has 0 bridgehead atoms. The van der Waals surface area contributed by atoms with Crippen LogP contribution in [0.15, 0.2) is 35.6 Å². The summed E-state index contributed by atoms with van der Waals surface area (Å²) >= 11 is 0. The fraction of sp³-hybridized carbons (Fsp3) is 0.364. The molecule has 0 aromatic rings. The molecule has 0 radical (unpaired) electrons. The SMILES string of the molecule is O=C(O)CC1=CC=CC2OC(CO)=CC12. The summed E-state index contributed by atoms with van der Waals surface area (Å²) in [6, 6.07) is 0. The van der Waals surface area contributed by atoms with Crippen LogP contribution in [0.1, 0.15) is 6.42 Å². The maximum atomic E-state index is 10.6. The van der Waals surface area contributed by atoms with Crippen molar-refractivity contribution in [3.05, 3.63) is 35.6 Å². The summed E-state index contributed by atoms with van der Waals surface area (Å²) < 4.78 is 5.42. The molecule has 0 amide bonds. The van der Waals surface area contributed by atoms with Crippen molar-refractivity contribution in [2.24, 2.45) is 5.92 Å². The van der Waals surface area contributed by atoms with Crippen LogP contribution in [0.25, 0.3) is 0 Å². The molecule has 2 rings (SSSR count). The highest BCUT2D eigenvalue weighted by atomic mass is 16.5. The molecule has 2 atom stereocenters. The lowest BCUT2D eigenvalue weighted by atomic mass is 9.88. The van der Waals surface area contributed by atoms with Crippen molar-refractivity contribution < 1.29 is 19.7 Å². The lowest BCUT2D eigenvalue weighted by Crippen LogP contribution is -2.20. The molecule has 1 heterocycles. The lowest BCUT2D eigenvalue weighted by Gasteiger charge is -2.20. The molecular weight excluding hydrogens is 196 g/mol. The molecule has 2 aliphatic rings. The highest BCUT2D eigenvalue weighted by molar-refractivity contribution is 5.70. The predicted octanol–water partition coefficient (Wildman–Crippen LogP) is 0.849. The monoisotopic (exact) mass is 208 g/mol. The van der Waals surface area contributed by atoms with Crippen molar-refractivity contribution in [2.75, 3.05) is 6.61 Å². The van der Waals surface area contributed by atoms with Crippen molar-refractivity contribution in [1.82, 2.24) is 0 Å². The molecule has 2 N–H and O–H groups in total. The molecule has 2 unspecified atom stereocenters. The van der Waals surface area contributed by atoms with Gasteiger partial charge in [-0.05, 0) is 17.7 Å². The van der Waals surface area contributed by atoms with E-state index in [1.54, 1.807) is 18.2 Å². The number of allylic oxidation sites excluding steroid dienone is 2. The molecule has 0 aromatic heterocycles. The minimum atomic E-state index is -0.846. The molecule has 4 heteroatoms. The van der Waals surface area contributed by atoms with Crippen molar-refractivity contribution in [1.29, 1.82) is 0 Å². The van der Waals surface area contributed by atoms with Crippen LogP contribution in [0.4, 0.5) is 0 Å². The Bertz CT molecular complexity index is 365. The summed E-state index contributed by atoms with van der Waals surface area (Å²) in [6.45, 7) is -0.138. The van der Waals surface area contributed by atoms with E-state index in [-0.39, 0.29) is 25.0 Å². The van der Waals surface area contributed by atoms with Gasteiger partial charge in [0.2, 0.25) is 0 Å². The van der Waals surface area contributed by atoms with E-state index in [1.165, 1.54) is 0 Å². The molecule has 1 aliphatic carbocycles. The summed E-state index contributed by atoms with van der Waals surface area (Å²) in [4.78, 5) is 10.6. The molecule has 0 aromatic carbocycles. The topological polar surface area (TPSA) is 66.8 Å². The van der Waals surface area contributed by atoms with Crippen molar-refractivity contribution >= 4 is 5.97 Å². The van der Waals surface area contributed by atoms with E-state index in [4.69, 9.17) is 14.9 Å². The van der Waals surface area contributed by atoms with Crippen LogP contribution in [0, 0.1) is 5.92 Å².